The first kappa shape index (κ1) is 27.3. The van der Waals surface area contributed by atoms with E-state index in [1.807, 2.05) is 83.7 Å². The number of nitrogens with zero attached hydrogens (tertiary/aromatic N) is 4. The van der Waals surface area contributed by atoms with E-state index in [9.17, 15) is 5.11 Å². The average molecular weight is 573 g/mol. The molecule has 7 aromatic rings. The van der Waals surface area contributed by atoms with Crippen LogP contribution in [0.1, 0.15) is 26.3 Å². The zero-order chi connectivity index (χ0) is 30.3. The smallest absolute Gasteiger partial charge is 0.165 e. The maximum atomic E-state index is 11.1. The van der Waals surface area contributed by atoms with Crippen LogP contribution in [0.4, 0.5) is 0 Å². The second-order valence-corrected chi connectivity index (χ2v) is 12.0. The Morgan fingerprint density at radius 1 is 0.614 bits per heavy atom. The van der Waals surface area contributed by atoms with Crippen LogP contribution in [-0.2, 0) is 5.41 Å². The number of aromatic hydroxyl groups is 1. The van der Waals surface area contributed by atoms with Crippen LogP contribution in [-0.4, -0.2) is 24.6 Å². The molecule has 7 rings (SSSR count). The lowest BCUT2D eigenvalue weighted by atomic mass is 9.86. The van der Waals surface area contributed by atoms with E-state index < -0.39 is 0 Å². The molecule has 0 aliphatic heterocycles. The number of imidazole rings is 1. The molecule has 4 aromatic carbocycles. The number of pyridine rings is 2. The van der Waals surface area contributed by atoms with E-state index in [0.29, 0.717) is 11.4 Å². The van der Waals surface area contributed by atoms with Gasteiger partial charge in [0.2, 0.25) is 0 Å². The number of hydrogen-bond donors (Lipinski definition) is 1. The summed E-state index contributed by atoms with van der Waals surface area (Å²) in [7, 11) is 0. The Morgan fingerprint density at radius 3 is 2.07 bits per heavy atom. The van der Waals surface area contributed by atoms with Crippen molar-refractivity contribution < 1.29 is 5.11 Å². The van der Waals surface area contributed by atoms with E-state index in [1.54, 1.807) is 6.07 Å². The molecule has 5 nitrogen and oxygen atoms in total. The number of phenols is 1. The first-order valence-corrected chi connectivity index (χ1v) is 14.8. The molecule has 0 aliphatic carbocycles. The molecule has 44 heavy (non-hydrogen) atoms. The SMILES string of the molecule is CC(C)(C)c1ccc(O)c(-c2nc3c(-c4cccc(-c5ccc(-c6ccccc6)cn5)c4)ccnc3n2-c2ccccc2)c1. The second kappa shape index (κ2) is 10.9. The molecule has 1 N–H and O–H groups in total. The molecule has 214 valence electrons. The lowest BCUT2D eigenvalue weighted by molar-refractivity contribution is 0.475. The van der Waals surface area contributed by atoms with Crippen LogP contribution >= 0.6 is 0 Å². The summed E-state index contributed by atoms with van der Waals surface area (Å²) in [5.41, 5.74) is 10.2. The molecule has 0 aliphatic rings. The van der Waals surface area contributed by atoms with Crippen molar-refractivity contribution in [2.24, 2.45) is 0 Å². The fraction of sp³-hybridized carbons (Fsp3) is 0.103. The van der Waals surface area contributed by atoms with Gasteiger partial charge in [0.1, 0.15) is 11.3 Å². The van der Waals surface area contributed by atoms with Crippen LogP contribution in [0.25, 0.3) is 61.8 Å². The summed E-state index contributed by atoms with van der Waals surface area (Å²) in [5.74, 6) is 0.822. The monoisotopic (exact) mass is 572 g/mol. The molecule has 0 atom stereocenters. The van der Waals surface area contributed by atoms with Crippen molar-refractivity contribution in [3.63, 3.8) is 0 Å². The number of phenolic OH excluding ortho intramolecular Hbond substituents is 1. The molecule has 0 bridgehead atoms. The minimum atomic E-state index is -0.0940. The molecular formula is C39H32N4O. The predicted molar refractivity (Wildman–Crippen MR) is 179 cm³/mol. The van der Waals surface area contributed by atoms with Crippen LogP contribution in [0.5, 0.6) is 5.75 Å². The Labute approximate surface area is 257 Å². The largest absolute Gasteiger partial charge is 0.507 e. The van der Waals surface area contributed by atoms with Crippen LogP contribution in [0.15, 0.2) is 134 Å². The highest BCUT2D eigenvalue weighted by atomic mass is 16.3. The number of aromatic nitrogens is 4. The summed E-state index contributed by atoms with van der Waals surface area (Å²) < 4.78 is 2.04. The van der Waals surface area contributed by atoms with Gasteiger partial charge < -0.3 is 5.11 Å². The van der Waals surface area contributed by atoms with Gasteiger partial charge in [-0.25, -0.2) is 9.97 Å². The molecule has 0 saturated heterocycles. The summed E-state index contributed by atoms with van der Waals surface area (Å²) in [6.07, 6.45) is 3.75. The van der Waals surface area contributed by atoms with Gasteiger partial charge >= 0.3 is 0 Å². The van der Waals surface area contributed by atoms with Crippen molar-refractivity contribution >= 4 is 11.2 Å². The van der Waals surface area contributed by atoms with Gasteiger partial charge in [-0.05, 0) is 64.6 Å². The first-order valence-electron chi connectivity index (χ1n) is 14.8. The highest BCUT2D eigenvalue weighted by molar-refractivity contribution is 5.94. The number of para-hydroxylation sites is 1. The van der Waals surface area contributed by atoms with Gasteiger partial charge in [-0.3, -0.25) is 9.55 Å². The normalized spacial score (nSPS) is 11.6. The number of hydrogen-bond acceptors (Lipinski definition) is 4. The highest BCUT2D eigenvalue weighted by Gasteiger charge is 2.23. The molecule has 3 heterocycles. The third-order valence-corrected chi connectivity index (χ3v) is 8.00. The lowest BCUT2D eigenvalue weighted by Crippen LogP contribution is -2.11. The third kappa shape index (κ3) is 5.03. The maximum absolute atomic E-state index is 11.1. The van der Waals surface area contributed by atoms with E-state index in [-0.39, 0.29) is 11.2 Å². The average Bonchev–Trinajstić information content (AvgIpc) is 3.45. The second-order valence-electron chi connectivity index (χ2n) is 12.0. The summed E-state index contributed by atoms with van der Waals surface area (Å²) in [5, 5.41) is 11.1. The molecule has 0 amide bonds. The minimum Gasteiger partial charge on any atom is -0.507 e. The first-order chi connectivity index (χ1) is 21.4. The van der Waals surface area contributed by atoms with Crippen molar-refractivity contribution in [1.29, 1.82) is 0 Å². The van der Waals surface area contributed by atoms with Crippen LogP contribution in [0.2, 0.25) is 0 Å². The molecule has 0 fully saturated rings. The standard InChI is InChI=1S/C39H32N4O/c1-39(2,3)30-18-20-35(44)33(24-30)37-42-36-32(21-22-40-38(36)43(37)31-15-8-5-9-16-31)27-13-10-14-28(23-27)34-19-17-29(25-41-34)26-11-6-4-7-12-26/h4-25,44H,1-3H3. The van der Waals surface area contributed by atoms with E-state index in [1.165, 1.54) is 0 Å². The van der Waals surface area contributed by atoms with E-state index in [4.69, 9.17) is 15.0 Å². The molecule has 0 spiro atoms. The van der Waals surface area contributed by atoms with Gasteiger partial charge in [-0.15, -0.1) is 0 Å². The van der Waals surface area contributed by atoms with Gasteiger partial charge in [0.15, 0.2) is 11.5 Å². The topological polar surface area (TPSA) is 63.8 Å². The summed E-state index contributed by atoms with van der Waals surface area (Å²) in [6.45, 7) is 6.50. The molecule has 0 radical (unpaired) electrons. The molecule has 5 heteroatoms. The van der Waals surface area contributed by atoms with Crippen molar-refractivity contribution in [3.05, 3.63) is 139 Å². The van der Waals surface area contributed by atoms with Gasteiger partial charge in [-0.2, -0.15) is 0 Å². The van der Waals surface area contributed by atoms with Crippen molar-refractivity contribution in [2.45, 2.75) is 26.2 Å². The zero-order valence-corrected chi connectivity index (χ0v) is 24.9. The maximum Gasteiger partial charge on any atom is 0.165 e. The van der Waals surface area contributed by atoms with Crippen LogP contribution in [0.3, 0.4) is 0 Å². The van der Waals surface area contributed by atoms with E-state index in [2.05, 4.69) is 69.3 Å². The van der Waals surface area contributed by atoms with Crippen LogP contribution < -0.4 is 0 Å². The van der Waals surface area contributed by atoms with Gasteiger partial charge in [0.25, 0.3) is 0 Å². The Morgan fingerprint density at radius 2 is 1.34 bits per heavy atom. The molecule has 0 saturated carbocycles. The predicted octanol–water partition coefficient (Wildman–Crippen LogP) is 9.49. The fourth-order valence-corrected chi connectivity index (χ4v) is 5.60. The minimum absolute atomic E-state index is 0.0940. The van der Waals surface area contributed by atoms with Gasteiger partial charge in [0, 0.05) is 34.8 Å². The van der Waals surface area contributed by atoms with E-state index in [0.717, 1.165) is 55.9 Å². The molecule has 0 unspecified atom stereocenters. The number of fused-ring (bicyclic) bond motifs is 1. The fourth-order valence-electron chi connectivity index (χ4n) is 5.60. The number of rotatable bonds is 5. The van der Waals surface area contributed by atoms with Crippen molar-refractivity contribution in [1.82, 2.24) is 19.5 Å². The van der Waals surface area contributed by atoms with Crippen molar-refractivity contribution in [2.75, 3.05) is 0 Å². The summed E-state index contributed by atoms with van der Waals surface area (Å²) >= 11 is 0. The third-order valence-electron chi connectivity index (χ3n) is 8.00. The van der Waals surface area contributed by atoms with Gasteiger partial charge in [-0.1, -0.05) is 99.6 Å². The highest BCUT2D eigenvalue weighted by Crippen LogP contribution is 2.39. The Balaban J connectivity index is 1.38. The van der Waals surface area contributed by atoms with Gasteiger partial charge in [0.05, 0.1) is 11.3 Å². The zero-order valence-electron chi connectivity index (χ0n) is 24.9. The Kier molecular flexibility index (Phi) is 6.78. The molecular weight excluding hydrogens is 540 g/mol. The summed E-state index contributed by atoms with van der Waals surface area (Å²) in [6, 6.07) is 40.7. The van der Waals surface area contributed by atoms with Crippen molar-refractivity contribution in [3.8, 4) is 56.3 Å². The molecule has 3 aromatic heterocycles. The Hall–Kier alpha value is -5.55. The Bertz CT molecular complexity index is 2090. The summed E-state index contributed by atoms with van der Waals surface area (Å²) in [4.78, 5) is 14.8. The van der Waals surface area contributed by atoms with Crippen LogP contribution in [0, 0.1) is 0 Å². The quantitative estimate of drug-likeness (QED) is 0.223. The lowest BCUT2D eigenvalue weighted by Gasteiger charge is -2.20. The number of benzene rings is 4. The van der Waals surface area contributed by atoms with E-state index >= 15 is 0 Å².